The van der Waals surface area contributed by atoms with Gasteiger partial charge in [0.2, 0.25) is 0 Å². The lowest BCUT2D eigenvalue weighted by atomic mass is 10.2. The molecule has 0 spiro atoms. The maximum atomic E-state index is 12.4. The predicted octanol–water partition coefficient (Wildman–Crippen LogP) is -0.00630. The number of hydrogen-bond acceptors (Lipinski definition) is 4. The standard InChI is InChI=1S/C13H22N6O2/c1-4-9-10(14)11(16-15-9)12(20)18-5-7-19(8-6-18)13(21)17(2)3/h4-8,14H2,1-3H3,(H,15,16). The van der Waals surface area contributed by atoms with Crippen LogP contribution in [0.5, 0.6) is 0 Å². The summed E-state index contributed by atoms with van der Waals surface area (Å²) < 4.78 is 0. The molecule has 3 amide bonds. The number of urea groups is 1. The number of nitrogens with one attached hydrogen (secondary N) is 1. The molecule has 8 heteroatoms. The molecule has 1 aliphatic heterocycles. The van der Waals surface area contributed by atoms with Crippen LogP contribution in [0.3, 0.4) is 0 Å². The first kappa shape index (κ1) is 15.1. The van der Waals surface area contributed by atoms with Crippen molar-refractivity contribution in [1.82, 2.24) is 24.9 Å². The molecule has 0 atom stereocenters. The van der Waals surface area contributed by atoms with Crippen molar-refractivity contribution in [3.63, 3.8) is 0 Å². The van der Waals surface area contributed by atoms with Crippen molar-refractivity contribution in [1.29, 1.82) is 0 Å². The third-order valence-electron chi connectivity index (χ3n) is 3.66. The van der Waals surface area contributed by atoms with Gasteiger partial charge < -0.3 is 20.4 Å². The number of carbonyl (C=O) groups excluding carboxylic acids is 2. The van der Waals surface area contributed by atoms with Crippen LogP contribution >= 0.6 is 0 Å². The average molecular weight is 294 g/mol. The minimum absolute atomic E-state index is 0.0327. The predicted molar refractivity (Wildman–Crippen MR) is 78.9 cm³/mol. The first-order valence-corrected chi connectivity index (χ1v) is 7.03. The van der Waals surface area contributed by atoms with Crippen molar-refractivity contribution >= 4 is 17.6 Å². The zero-order chi connectivity index (χ0) is 15.6. The van der Waals surface area contributed by atoms with Gasteiger partial charge in [-0.2, -0.15) is 5.10 Å². The molecule has 1 aromatic heterocycles. The minimum Gasteiger partial charge on any atom is -0.395 e. The van der Waals surface area contributed by atoms with Gasteiger partial charge in [-0.25, -0.2) is 4.79 Å². The Labute approximate surface area is 123 Å². The molecule has 0 aliphatic carbocycles. The van der Waals surface area contributed by atoms with Crippen LogP contribution in [-0.4, -0.2) is 77.1 Å². The highest BCUT2D eigenvalue weighted by atomic mass is 16.2. The zero-order valence-corrected chi connectivity index (χ0v) is 12.7. The van der Waals surface area contributed by atoms with Gasteiger partial charge >= 0.3 is 6.03 Å². The largest absolute Gasteiger partial charge is 0.395 e. The lowest BCUT2D eigenvalue weighted by Crippen LogP contribution is -2.53. The number of H-pyrrole nitrogens is 1. The van der Waals surface area contributed by atoms with Gasteiger partial charge in [-0.05, 0) is 6.42 Å². The van der Waals surface area contributed by atoms with E-state index in [-0.39, 0.29) is 17.6 Å². The quantitative estimate of drug-likeness (QED) is 0.801. The summed E-state index contributed by atoms with van der Waals surface area (Å²) in [5.41, 5.74) is 7.40. The number of aromatic amines is 1. The highest BCUT2D eigenvalue weighted by molar-refractivity contribution is 5.97. The molecule has 8 nitrogen and oxygen atoms in total. The molecule has 2 rings (SSSR count). The molecule has 1 aliphatic rings. The molecule has 2 heterocycles. The Morgan fingerprint density at radius 1 is 1.24 bits per heavy atom. The van der Waals surface area contributed by atoms with E-state index in [0.29, 0.717) is 38.3 Å². The molecule has 0 radical (unpaired) electrons. The smallest absolute Gasteiger partial charge is 0.319 e. The first-order valence-electron chi connectivity index (χ1n) is 7.03. The van der Waals surface area contributed by atoms with Crippen LogP contribution in [0.4, 0.5) is 10.5 Å². The van der Waals surface area contributed by atoms with Crippen molar-refractivity contribution in [3.05, 3.63) is 11.4 Å². The van der Waals surface area contributed by atoms with Gasteiger partial charge in [0, 0.05) is 40.3 Å². The van der Waals surface area contributed by atoms with Crippen molar-refractivity contribution in [2.75, 3.05) is 46.0 Å². The van der Waals surface area contributed by atoms with E-state index in [1.54, 1.807) is 23.9 Å². The Morgan fingerprint density at radius 2 is 1.81 bits per heavy atom. The van der Waals surface area contributed by atoms with Gasteiger partial charge in [0.15, 0.2) is 5.69 Å². The van der Waals surface area contributed by atoms with Crippen molar-refractivity contribution in [2.45, 2.75) is 13.3 Å². The van der Waals surface area contributed by atoms with Gasteiger partial charge in [0.05, 0.1) is 11.4 Å². The van der Waals surface area contributed by atoms with E-state index in [9.17, 15) is 9.59 Å². The van der Waals surface area contributed by atoms with E-state index < -0.39 is 0 Å². The third kappa shape index (κ3) is 2.93. The third-order valence-corrected chi connectivity index (χ3v) is 3.66. The number of piperazine rings is 1. The summed E-state index contributed by atoms with van der Waals surface area (Å²) in [6.07, 6.45) is 0.706. The van der Waals surface area contributed by atoms with E-state index in [0.717, 1.165) is 5.69 Å². The summed E-state index contributed by atoms with van der Waals surface area (Å²) in [4.78, 5) is 29.2. The number of nitrogens with two attached hydrogens (primary N) is 1. The van der Waals surface area contributed by atoms with Crippen molar-refractivity contribution in [3.8, 4) is 0 Å². The van der Waals surface area contributed by atoms with Crippen LogP contribution in [-0.2, 0) is 6.42 Å². The van der Waals surface area contributed by atoms with E-state index in [1.807, 2.05) is 6.92 Å². The Morgan fingerprint density at radius 3 is 2.29 bits per heavy atom. The van der Waals surface area contributed by atoms with Gasteiger partial charge in [0.25, 0.3) is 5.91 Å². The number of amides is 3. The fourth-order valence-electron chi connectivity index (χ4n) is 2.35. The Kier molecular flexibility index (Phi) is 4.35. The number of rotatable bonds is 2. The molecule has 1 fully saturated rings. The second-order valence-electron chi connectivity index (χ2n) is 5.27. The van der Waals surface area contributed by atoms with Crippen LogP contribution in [0.2, 0.25) is 0 Å². The van der Waals surface area contributed by atoms with Gasteiger partial charge in [-0.1, -0.05) is 6.92 Å². The summed E-state index contributed by atoms with van der Waals surface area (Å²) in [5, 5.41) is 6.81. The second-order valence-corrected chi connectivity index (χ2v) is 5.27. The van der Waals surface area contributed by atoms with Gasteiger partial charge in [0.1, 0.15) is 0 Å². The SMILES string of the molecule is CCc1[nH]nc(C(=O)N2CCN(C(=O)N(C)C)CC2)c1N. The van der Waals surface area contributed by atoms with E-state index in [4.69, 9.17) is 5.73 Å². The molecule has 116 valence electrons. The monoisotopic (exact) mass is 294 g/mol. The lowest BCUT2D eigenvalue weighted by molar-refractivity contribution is 0.0645. The van der Waals surface area contributed by atoms with Gasteiger partial charge in [-0.15, -0.1) is 0 Å². The number of nitrogen functional groups attached to an aromatic ring is 1. The lowest BCUT2D eigenvalue weighted by Gasteiger charge is -2.35. The van der Waals surface area contributed by atoms with Gasteiger partial charge in [-0.3, -0.25) is 9.89 Å². The highest BCUT2D eigenvalue weighted by Gasteiger charge is 2.28. The topological polar surface area (TPSA) is 98.6 Å². The Hall–Kier alpha value is -2.25. The van der Waals surface area contributed by atoms with E-state index in [1.165, 1.54) is 4.90 Å². The molecule has 1 saturated heterocycles. The highest BCUT2D eigenvalue weighted by Crippen LogP contribution is 2.17. The molecule has 0 aromatic carbocycles. The molecular weight excluding hydrogens is 272 g/mol. The normalized spacial score (nSPS) is 15.2. The number of nitrogens with zero attached hydrogens (tertiary/aromatic N) is 4. The molecule has 21 heavy (non-hydrogen) atoms. The summed E-state index contributed by atoms with van der Waals surface area (Å²) in [6, 6.07) is -0.0327. The fraction of sp³-hybridized carbons (Fsp3) is 0.615. The van der Waals surface area contributed by atoms with Crippen LogP contribution in [0.1, 0.15) is 23.1 Å². The molecule has 0 bridgehead atoms. The molecule has 0 unspecified atom stereocenters. The first-order chi connectivity index (χ1) is 9.95. The van der Waals surface area contributed by atoms with Crippen molar-refractivity contribution in [2.24, 2.45) is 0 Å². The molecular formula is C13H22N6O2. The molecule has 0 saturated carbocycles. The number of hydrogen-bond donors (Lipinski definition) is 2. The van der Waals surface area contributed by atoms with Crippen LogP contribution in [0, 0.1) is 0 Å². The summed E-state index contributed by atoms with van der Waals surface area (Å²) in [7, 11) is 3.44. The molecule has 1 aromatic rings. The average Bonchev–Trinajstić information content (AvgIpc) is 2.86. The minimum atomic E-state index is -0.180. The summed E-state index contributed by atoms with van der Waals surface area (Å²) >= 11 is 0. The zero-order valence-electron chi connectivity index (χ0n) is 12.7. The number of aromatic nitrogens is 2. The van der Waals surface area contributed by atoms with Crippen LogP contribution < -0.4 is 5.73 Å². The maximum absolute atomic E-state index is 12.4. The molecule has 3 N–H and O–H groups in total. The van der Waals surface area contributed by atoms with Crippen LogP contribution in [0.25, 0.3) is 0 Å². The number of aryl methyl sites for hydroxylation is 1. The number of carbonyl (C=O) groups is 2. The summed E-state index contributed by atoms with van der Waals surface area (Å²) in [5.74, 6) is -0.180. The van der Waals surface area contributed by atoms with Crippen LogP contribution in [0.15, 0.2) is 0 Å². The van der Waals surface area contributed by atoms with E-state index >= 15 is 0 Å². The second kappa shape index (κ2) is 6.02. The Balaban J connectivity index is 2.00. The maximum Gasteiger partial charge on any atom is 0.319 e. The van der Waals surface area contributed by atoms with Crippen molar-refractivity contribution < 1.29 is 9.59 Å². The summed E-state index contributed by atoms with van der Waals surface area (Å²) in [6.45, 7) is 3.98. The fourth-order valence-corrected chi connectivity index (χ4v) is 2.35. The Bertz CT molecular complexity index is 531. The van der Waals surface area contributed by atoms with E-state index in [2.05, 4.69) is 10.2 Å². The number of anilines is 1.